The van der Waals surface area contributed by atoms with Crippen LogP contribution >= 0.6 is 11.3 Å². The van der Waals surface area contributed by atoms with E-state index >= 15 is 0 Å². The zero-order chi connectivity index (χ0) is 13.8. The molecule has 0 bridgehead atoms. The fourth-order valence-corrected chi connectivity index (χ4v) is 2.89. The van der Waals surface area contributed by atoms with Crippen LogP contribution in [0.15, 0.2) is 21.9 Å². The van der Waals surface area contributed by atoms with Crippen LogP contribution in [0.5, 0.6) is 0 Å². The van der Waals surface area contributed by atoms with E-state index in [0.717, 1.165) is 6.42 Å². The first kappa shape index (κ1) is 14.2. The molecule has 104 valence electrons. The van der Waals surface area contributed by atoms with Gasteiger partial charge >= 0.3 is 0 Å². The van der Waals surface area contributed by atoms with Crippen LogP contribution in [0.2, 0.25) is 0 Å². The molecule has 0 aliphatic heterocycles. The van der Waals surface area contributed by atoms with Crippen molar-refractivity contribution >= 4 is 11.3 Å². The van der Waals surface area contributed by atoms with Crippen LogP contribution in [-0.2, 0) is 0 Å². The second-order valence-electron chi connectivity index (χ2n) is 5.25. The zero-order valence-electron chi connectivity index (χ0n) is 11.9. The van der Waals surface area contributed by atoms with Crippen molar-refractivity contribution in [3.8, 4) is 0 Å². The first-order valence-corrected chi connectivity index (χ1v) is 7.53. The highest BCUT2D eigenvalue weighted by molar-refractivity contribution is 7.10. The third kappa shape index (κ3) is 3.88. The van der Waals surface area contributed by atoms with Gasteiger partial charge in [-0.05, 0) is 30.7 Å². The third-order valence-corrected chi connectivity index (χ3v) is 3.94. The summed E-state index contributed by atoms with van der Waals surface area (Å²) in [6.07, 6.45) is 1.10. The summed E-state index contributed by atoms with van der Waals surface area (Å²) in [5.41, 5.74) is 0. The molecule has 0 aliphatic rings. The average molecular weight is 279 g/mol. The molecule has 2 aromatic rings. The topological polar surface area (TPSA) is 51.0 Å². The Morgan fingerprint density at radius 2 is 2.11 bits per heavy atom. The Kier molecular flexibility index (Phi) is 4.71. The second-order valence-corrected chi connectivity index (χ2v) is 6.22. The van der Waals surface area contributed by atoms with Crippen molar-refractivity contribution in [1.82, 2.24) is 15.5 Å². The van der Waals surface area contributed by atoms with E-state index in [1.165, 1.54) is 4.88 Å². The summed E-state index contributed by atoms with van der Waals surface area (Å²) in [7, 11) is 0. The standard InChI is InChI=1S/C14H21N3OS/c1-9(2)8-12(13-6-5-7-19-13)15-10(3)14-17-16-11(4)18-14/h5-7,9-10,12,15H,8H2,1-4H3/t10-,12-/m1/s1. The maximum atomic E-state index is 5.49. The average Bonchev–Trinajstić information content (AvgIpc) is 2.97. The fraction of sp³-hybridized carbons (Fsp3) is 0.571. The summed E-state index contributed by atoms with van der Waals surface area (Å²) >= 11 is 1.79. The van der Waals surface area contributed by atoms with E-state index < -0.39 is 0 Å². The van der Waals surface area contributed by atoms with Gasteiger partial charge in [-0.2, -0.15) is 0 Å². The minimum Gasteiger partial charge on any atom is -0.424 e. The summed E-state index contributed by atoms with van der Waals surface area (Å²) in [4.78, 5) is 1.36. The molecular weight excluding hydrogens is 258 g/mol. The van der Waals surface area contributed by atoms with E-state index in [1.807, 2.05) is 6.92 Å². The van der Waals surface area contributed by atoms with Crippen LogP contribution in [0.25, 0.3) is 0 Å². The van der Waals surface area contributed by atoms with Gasteiger partial charge in [0, 0.05) is 17.8 Å². The Balaban J connectivity index is 2.07. The molecule has 2 aromatic heterocycles. The van der Waals surface area contributed by atoms with E-state index in [9.17, 15) is 0 Å². The number of nitrogens with one attached hydrogen (secondary N) is 1. The maximum Gasteiger partial charge on any atom is 0.233 e. The second kappa shape index (κ2) is 6.30. The summed E-state index contributed by atoms with van der Waals surface area (Å²) in [5.74, 6) is 1.90. The van der Waals surface area contributed by atoms with E-state index in [4.69, 9.17) is 4.42 Å². The highest BCUT2D eigenvalue weighted by Gasteiger charge is 2.20. The van der Waals surface area contributed by atoms with Crippen LogP contribution in [0.3, 0.4) is 0 Å². The number of thiophene rings is 1. The van der Waals surface area contributed by atoms with E-state index in [0.29, 0.717) is 23.7 Å². The van der Waals surface area contributed by atoms with Crippen molar-refractivity contribution in [2.45, 2.75) is 46.2 Å². The molecule has 2 atom stereocenters. The summed E-state index contributed by atoms with van der Waals surface area (Å²) in [5, 5.41) is 13.7. The Bertz CT molecular complexity index is 493. The highest BCUT2D eigenvalue weighted by atomic mass is 32.1. The van der Waals surface area contributed by atoms with E-state index in [-0.39, 0.29) is 6.04 Å². The molecule has 2 rings (SSSR count). The van der Waals surface area contributed by atoms with Gasteiger partial charge in [0.15, 0.2) is 0 Å². The monoisotopic (exact) mass is 279 g/mol. The van der Waals surface area contributed by atoms with Crippen molar-refractivity contribution in [3.63, 3.8) is 0 Å². The molecule has 0 amide bonds. The molecule has 0 spiro atoms. The normalized spacial score (nSPS) is 14.8. The lowest BCUT2D eigenvalue weighted by atomic mass is 10.0. The molecule has 0 fully saturated rings. The Hall–Kier alpha value is -1.20. The third-order valence-electron chi connectivity index (χ3n) is 2.96. The van der Waals surface area contributed by atoms with E-state index in [2.05, 4.69) is 53.8 Å². The molecule has 0 radical (unpaired) electrons. The number of nitrogens with zero attached hydrogens (tertiary/aromatic N) is 2. The molecule has 1 N–H and O–H groups in total. The molecule has 0 aliphatic carbocycles. The lowest BCUT2D eigenvalue weighted by Gasteiger charge is -2.22. The van der Waals surface area contributed by atoms with Crippen LogP contribution in [0.1, 0.15) is 55.9 Å². The van der Waals surface area contributed by atoms with Crippen LogP contribution in [0, 0.1) is 12.8 Å². The van der Waals surface area contributed by atoms with Gasteiger partial charge in [0.05, 0.1) is 6.04 Å². The molecule has 0 aromatic carbocycles. The molecular formula is C14H21N3OS. The molecule has 0 saturated heterocycles. The van der Waals surface area contributed by atoms with Gasteiger partial charge in [-0.1, -0.05) is 19.9 Å². The SMILES string of the molecule is Cc1nnc([C@@H](C)N[C@H](CC(C)C)c2cccs2)o1. The van der Waals surface area contributed by atoms with Crippen molar-refractivity contribution < 1.29 is 4.42 Å². The van der Waals surface area contributed by atoms with Crippen molar-refractivity contribution in [2.75, 3.05) is 0 Å². The Labute approximate surface area is 118 Å². The molecule has 2 heterocycles. The van der Waals surface area contributed by atoms with E-state index in [1.54, 1.807) is 11.3 Å². The zero-order valence-corrected chi connectivity index (χ0v) is 12.7. The number of aromatic nitrogens is 2. The molecule has 19 heavy (non-hydrogen) atoms. The van der Waals surface area contributed by atoms with Crippen molar-refractivity contribution in [1.29, 1.82) is 0 Å². The number of hydrogen-bond donors (Lipinski definition) is 1. The minimum absolute atomic E-state index is 0.0621. The quantitative estimate of drug-likeness (QED) is 0.872. The van der Waals surface area contributed by atoms with Crippen LogP contribution in [-0.4, -0.2) is 10.2 Å². The van der Waals surface area contributed by atoms with Crippen LogP contribution in [0.4, 0.5) is 0 Å². The first-order valence-electron chi connectivity index (χ1n) is 6.65. The predicted molar refractivity (Wildman–Crippen MR) is 77.1 cm³/mol. The smallest absolute Gasteiger partial charge is 0.233 e. The largest absolute Gasteiger partial charge is 0.424 e. The maximum absolute atomic E-state index is 5.49. The Morgan fingerprint density at radius 1 is 1.32 bits per heavy atom. The van der Waals surface area contributed by atoms with Crippen LogP contribution < -0.4 is 5.32 Å². The van der Waals surface area contributed by atoms with Crippen molar-refractivity contribution in [3.05, 3.63) is 34.2 Å². The number of hydrogen-bond acceptors (Lipinski definition) is 5. The molecule has 4 nitrogen and oxygen atoms in total. The van der Waals surface area contributed by atoms with Gasteiger partial charge in [0.2, 0.25) is 11.8 Å². The van der Waals surface area contributed by atoms with Gasteiger partial charge in [-0.3, -0.25) is 5.32 Å². The fourth-order valence-electron chi connectivity index (χ4n) is 2.09. The summed E-state index contributed by atoms with van der Waals surface area (Å²) < 4.78 is 5.49. The van der Waals surface area contributed by atoms with Crippen molar-refractivity contribution in [2.24, 2.45) is 5.92 Å². The molecule has 5 heteroatoms. The molecule has 0 saturated carbocycles. The van der Waals surface area contributed by atoms with Gasteiger partial charge in [-0.15, -0.1) is 21.5 Å². The van der Waals surface area contributed by atoms with Gasteiger partial charge in [0.1, 0.15) is 0 Å². The van der Waals surface area contributed by atoms with Gasteiger partial charge in [-0.25, -0.2) is 0 Å². The van der Waals surface area contributed by atoms with Gasteiger partial charge < -0.3 is 4.42 Å². The lowest BCUT2D eigenvalue weighted by Crippen LogP contribution is -2.25. The minimum atomic E-state index is 0.0621. The first-order chi connectivity index (χ1) is 9.06. The van der Waals surface area contributed by atoms with Gasteiger partial charge in [0.25, 0.3) is 0 Å². The predicted octanol–water partition coefficient (Wildman–Crippen LogP) is 3.88. The number of rotatable bonds is 6. The lowest BCUT2D eigenvalue weighted by molar-refractivity contribution is 0.346. The highest BCUT2D eigenvalue weighted by Crippen LogP contribution is 2.28. The summed E-state index contributed by atoms with van der Waals surface area (Å²) in [6, 6.07) is 4.67. The number of aryl methyl sites for hydroxylation is 1. The molecule has 0 unspecified atom stereocenters. The Morgan fingerprint density at radius 3 is 2.63 bits per heavy atom. The summed E-state index contributed by atoms with van der Waals surface area (Å²) in [6.45, 7) is 8.36.